The van der Waals surface area contributed by atoms with E-state index in [-0.39, 0.29) is 5.92 Å². The van der Waals surface area contributed by atoms with Gasteiger partial charge in [0.1, 0.15) is 6.10 Å². The van der Waals surface area contributed by atoms with E-state index in [1.54, 1.807) is 15.9 Å². The maximum absolute atomic E-state index is 12.8. The maximum atomic E-state index is 12.8. The van der Waals surface area contributed by atoms with Gasteiger partial charge in [-0.05, 0) is 40.6 Å². The van der Waals surface area contributed by atoms with Crippen LogP contribution < -0.4 is 0 Å². The van der Waals surface area contributed by atoms with Crippen LogP contribution in [-0.2, 0) is 0 Å². The van der Waals surface area contributed by atoms with Crippen LogP contribution in [0.2, 0.25) is 0 Å². The summed E-state index contributed by atoms with van der Waals surface area (Å²) >= 11 is 1.58. The molecule has 0 aromatic carbocycles. The summed E-state index contributed by atoms with van der Waals surface area (Å²) in [6.07, 6.45) is 3.02. The van der Waals surface area contributed by atoms with Gasteiger partial charge < -0.3 is 5.11 Å². The number of rotatable bonds is 2. The normalized spacial score (nSPS) is 20.6. The van der Waals surface area contributed by atoms with E-state index in [9.17, 15) is 22.7 Å². The van der Waals surface area contributed by atoms with Gasteiger partial charge in [-0.1, -0.05) is 25.2 Å². The van der Waals surface area contributed by atoms with Crippen molar-refractivity contribution in [2.75, 3.05) is 0 Å². The van der Waals surface area contributed by atoms with Crippen molar-refractivity contribution >= 4 is 15.9 Å². The molecule has 1 fully saturated rings. The van der Waals surface area contributed by atoms with E-state index < -0.39 is 16.9 Å². The second kappa shape index (κ2) is 5.57. The molecule has 0 aliphatic heterocycles. The molecule has 1 unspecified atom stereocenters. The molecule has 17 heavy (non-hydrogen) atoms. The molecule has 0 amide bonds. The van der Waals surface area contributed by atoms with E-state index in [1.165, 1.54) is 5.92 Å². The Balaban J connectivity index is 2.64. The summed E-state index contributed by atoms with van der Waals surface area (Å²) in [4.78, 5) is -4.38. The van der Waals surface area contributed by atoms with Crippen LogP contribution in [0.25, 0.3) is 0 Å². The van der Waals surface area contributed by atoms with Crippen LogP contribution in [0, 0.1) is 17.8 Å². The molecule has 0 bridgehead atoms. The summed E-state index contributed by atoms with van der Waals surface area (Å²) in [6, 6.07) is 0. The number of halogens is 5. The highest BCUT2D eigenvalue weighted by Gasteiger charge is 2.53. The molecule has 0 radical (unpaired) electrons. The fourth-order valence-corrected chi connectivity index (χ4v) is 1.90. The third-order valence-corrected chi connectivity index (χ3v) is 3.33. The van der Waals surface area contributed by atoms with Crippen molar-refractivity contribution in [2.45, 2.75) is 49.0 Å². The smallest absolute Gasteiger partial charge is 0.380 e. The maximum Gasteiger partial charge on any atom is 0.380 e. The lowest BCUT2D eigenvalue weighted by Gasteiger charge is -2.23. The van der Waals surface area contributed by atoms with E-state index in [0.717, 1.165) is 19.3 Å². The van der Waals surface area contributed by atoms with Gasteiger partial charge in [-0.2, -0.15) is 17.6 Å². The molecule has 1 rings (SSSR count). The number of hydrogen-bond acceptors (Lipinski definition) is 1. The number of aliphatic hydroxyl groups is 1. The predicted octanol–water partition coefficient (Wildman–Crippen LogP) is 3.55. The standard InChI is InChI=1S/C11H13BrF4O/c12-11(15,16)10(13,14)7-6-9(17)8-4-2-1-3-5-8/h8-9,17H,1-5H2. The predicted molar refractivity (Wildman–Crippen MR) is 59.2 cm³/mol. The molecule has 6 heteroatoms. The summed E-state index contributed by atoms with van der Waals surface area (Å²) in [6.45, 7) is 0. The fraction of sp³-hybridized carbons (Fsp3) is 0.818. The highest BCUT2D eigenvalue weighted by atomic mass is 79.9. The van der Waals surface area contributed by atoms with Gasteiger partial charge in [0.25, 0.3) is 0 Å². The van der Waals surface area contributed by atoms with Crippen LogP contribution in [0.4, 0.5) is 17.6 Å². The summed E-state index contributed by atoms with van der Waals surface area (Å²) in [5.41, 5.74) is 0. The molecule has 98 valence electrons. The van der Waals surface area contributed by atoms with E-state index >= 15 is 0 Å². The molecule has 1 aliphatic rings. The quantitative estimate of drug-likeness (QED) is 0.469. The molecule has 1 aliphatic carbocycles. The van der Waals surface area contributed by atoms with Crippen LogP contribution in [0.15, 0.2) is 0 Å². The molecule has 0 saturated heterocycles. The highest BCUT2D eigenvalue weighted by Crippen LogP contribution is 2.38. The second-order valence-corrected chi connectivity index (χ2v) is 5.18. The van der Waals surface area contributed by atoms with E-state index in [0.29, 0.717) is 12.8 Å². The number of alkyl halides is 5. The Morgan fingerprint density at radius 1 is 1.12 bits per heavy atom. The minimum atomic E-state index is -4.47. The Bertz CT molecular complexity index is 310. The summed E-state index contributed by atoms with van der Waals surface area (Å²) in [5.74, 6) is -1.64. The topological polar surface area (TPSA) is 20.2 Å². The molecule has 0 heterocycles. The van der Waals surface area contributed by atoms with Gasteiger partial charge in [0.05, 0.1) is 0 Å². The van der Waals surface area contributed by atoms with Crippen molar-refractivity contribution in [3.05, 3.63) is 0 Å². The fourth-order valence-electron chi connectivity index (χ4n) is 1.80. The number of hydrogen-bond donors (Lipinski definition) is 1. The first-order chi connectivity index (χ1) is 7.74. The van der Waals surface area contributed by atoms with Crippen LogP contribution >= 0.6 is 15.9 Å². The minimum absolute atomic E-state index is 0.184. The monoisotopic (exact) mass is 316 g/mol. The van der Waals surface area contributed by atoms with Crippen LogP contribution in [0.3, 0.4) is 0 Å². The van der Waals surface area contributed by atoms with Crippen molar-refractivity contribution in [2.24, 2.45) is 5.92 Å². The molecular weight excluding hydrogens is 304 g/mol. The van der Waals surface area contributed by atoms with Gasteiger partial charge in [-0.25, -0.2) is 0 Å². The van der Waals surface area contributed by atoms with Crippen LogP contribution in [-0.4, -0.2) is 22.0 Å². The summed E-state index contributed by atoms with van der Waals surface area (Å²) < 4.78 is 50.3. The van der Waals surface area contributed by atoms with Crippen molar-refractivity contribution in [1.29, 1.82) is 0 Å². The van der Waals surface area contributed by atoms with Crippen LogP contribution in [0.1, 0.15) is 32.1 Å². The molecule has 0 spiro atoms. The van der Waals surface area contributed by atoms with Crippen molar-refractivity contribution in [3.63, 3.8) is 0 Å². The Hall–Kier alpha value is -0.280. The molecular formula is C11H13BrF4O. The molecule has 0 aromatic rings. The first kappa shape index (κ1) is 14.8. The van der Waals surface area contributed by atoms with Gasteiger partial charge in [0, 0.05) is 0 Å². The zero-order valence-electron chi connectivity index (χ0n) is 9.03. The SMILES string of the molecule is OC(C#CC(F)(F)C(F)(F)Br)C1CCCCC1. The van der Waals surface area contributed by atoms with Crippen LogP contribution in [0.5, 0.6) is 0 Å². The largest absolute Gasteiger partial charge is 0.380 e. The molecule has 1 nitrogen and oxygen atoms in total. The lowest BCUT2D eigenvalue weighted by atomic mass is 9.85. The lowest BCUT2D eigenvalue weighted by Crippen LogP contribution is -2.33. The van der Waals surface area contributed by atoms with Gasteiger partial charge in [0.2, 0.25) is 0 Å². The Kier molecular flexibility index (Phi) is 4.85. The Morgan fingerprint density at radius 2 is 1.65 bits per heavy atom. The minimum Gasteiger partial charge on any atom is -0.380 e. The summed E-state index contributed by atoms with van der Waals surface area (Å²) in [7, 11) is 0. The molecule has 1 atom stereocenters. The van der Waals surface area contributed by atoms with Crippen molar-refractivity contribution < 1.29 is 22.7 Å². The highest BCUT2D eigenvalue weighted by molar-refractivity contribution is 9.10. The molecule has 0 aromatic heterocycles. The van der Waals surface area contributed by atoms with Gasteiger partial charge in [-0.3, -0.25) is 0 Å². The van der Waals surface area contributed by atoms with E-state index in [2.05, 4.69) is 0 Å². The Labute approximate surface area is 106 Å². The zero-order chi connectivity index (χ0) is 13.1. The third-order valence-electron chi connectivity index (χ3n) is 2.83. The van der Waals surface area contributed by atoms with E-state index in [4.69, 9.17) is 0 Å². The van der Waals surface area contributed by atoms with E-state index in [1.807, 2.05) is 5.92 Å². The average Bonchev–Trinajstić information content (AvgIpc) is 2.25. The summed E-state index contributed by atoms with van der Waals surface area (Å²) in [5, 5.41) is 9.54. The lowest BCUT2D eigenvalue weighted by molar-refractivity contribution is -0.104. The first-order valence-electron chi connectivity index (χ1n) is 5.39. The van der Waals surface area contributed by atoms with Crippen molar-refractivity contribution in [1.82, 2.24) is 0 Å². The zero-order valence-corrected chi connectivity index (χ0v) is 10.6. The first-order valence-corrected chi connectivity index (χ1v) is 6.18. The van der Waals surface area contributed by atoms with Crippen molar-refractivity contribution in [3.8, 4) is 11.8 Å². The Morgan fingerprint density at radius 3 is 2.12 bits per heavy atom. The number of aliphatic hydroxyl groups excluding tert-OH is 1. The molecule has 1 N–H and O–H groups in total. The van der Waals surface area contributed by atoms with Gasteiger partial charge >= 0.3 is 10.8 Å². The average molecular weight is 317 g/mol. The van der Waals surface area contributed by atoms with Gasteiger partial charge in [0.15, 0.2) is 0 Å². The second-order valence-electron chi connectivity index (χ2n) is 4.18. The third kappa shape index (κ3) is 4.14. The molecule has 1 saturated carbocycles. The van der Waals surface area contributed by atoms with Gasteiger partial charge in [-0.15, -0.1) is 0 Å².